The van der Waals surface area contributed by atoms with Crippen LogP contribution in [0.1, 0.15) is 33.1 Å². The fraction of sp³-hybridized carbons (Fsp3) is 0.276. The number of aryl methyl sites for hydroxylation is 1. The van der Waals surface area contributed by atoms with Gasteiger partial charge in [-0.1, -0.05) is 24.3 Å². The van der Waals surface area contributed by atoms with E-state index in [1.54, 1.807) is 6.08 Å². The standard InChI is InChI=1S/C29H29N3O4S/c1-4-30-21-11-7-8-12-22(21)31(5-2)25(30)17-19-28(35)20(29(19)37-16-15-27(33)34)18-26-32(6-3)23-13-9-10-14-24(23)36-26/h7-14,17-18H,4-6,15-16H2,1-3H3. The van der Waals surface area contributed by atoms with Crippen LogP contribution in [0.15, 0.2) is 80.9 Å². The van der Waals surface area contributed by atoms with Gasteiger partial charge in [-0.2, -0.15) is 4.57 Å². The molecule has 2 aromatic carbocycles. The highest BCUT2D eigenvalue weighted by molar-refractivity contribution is 8.03. The second kappa shape index (κ2) is 10.3. The highest BCUT2D eigenvalue weighted by Crippen LogP contribution is 2.45. The minimum Gasteiger partial charge on any atom is -0.550 e. The fourth-order valence-electron chi connectivity index (χ4n) is 4.96. The summed E-state index contributed by atoms with van der Waals surface area (Å²) >= 11 is 1.37. The number of hydrogen-bond donors (Lipinski definition) is 0. The molecule has 0 fully saturated rings. The largest absolute Gasteiger partial charge is 0.550 e. The van der Waals surface area contributed by atoms with Gasteiger partial charge < -0.3 is 24.1 Å². The molecule has 0 spiro atoms. The highest BCUT2D eigenvalue weighted by atomic mass is 32.2. The highest BCUT2D eigenvalue weighted by Gasteiger charge is 2.37. The van der Waals surface area contributed by atoms with Crippen molar-refractivity contribution in [3.63, 3.8) is 0 Å². The Morgan fingerprint density at radius 2 is 1.65 bits per heavy atom. The number of carbonyl (C=O) groups is 2. The molecule has 5 rings (SSSR count). The van der Waals surface area contributed by atoms with Gasteiger partial charge in [0.15, 0.2) is 5.78 Å². The number of oxazole rings is 1. The van der Waals surface area contributed by atoms with Gasteiger partial charge in [0.05, 0.1) is 17.5 Å². The summed E-state index contributed by atoms with van der Waals surface area (Å²) in [6, 6.07) is 16.0. The number of benzene rings is 2. The van der Waals surface area contributed by atoms with Gasteiger partial charge in [-0.25, -0.2) is 0 Å². The third-order valence-electron chi connectivity index (χ3n) is 6.67. The van der Waals surface area contributed by atoms with Crippen molar-refractivity contribution >= 4 is 52.1 Å². The molecule has 1 aliphatic heterocycles. The molecule has 2 heterocycles. The predicted molar refractivity (Wildman–Crippen MR) is 145 cm³/mol. The van der Waals surface area contributed by atoms with E-state index in [9.17, 15) is 14.7 Å². The van der Waals surface area contributed by atoms with Crippen LogP contribution in [0, 0.1) is 0 Å². The van der Waals surface area contributed by atoms with Gasteiger partial charge in [0.2, 0.25) is 5.58 Å². The van der Waals surface area contributed by atoms with E-state index in [4.69, 9.17) is 4.42 Å². The number of hydrogen-bond acceptors (Lipinski definition) is 7. The van der Waals surface area contributed by atoms with Crippen LogP contribution < -0.4 is 19.5 Å². The second-order valence-corrected chi connectivity index (χ2v) is 9.84. The van der Waals surface area contributed by atoms with Gasteiger partial charge in [0.1, 0.15) is 12.4 Å². The van der Waals surface area contributed by atoms with Crippen molar-refractivity contribution in [2.24, 2.45) is 0 Å². The molecule has 0 saturated heterocycles. The van der Waals surface area contributed by atoms with E-state index in [1.807, 2.05) is 54.0 Å². The summed E-state index contributed by atoms with van der Waals surface area (Å²) in [5.41, 5.74) is 5.06. The minimum atomic E-state index is -1.11. The van der Waals surface area contributed by atoms with Gasteiger partial charge in [-0.3, -0.25) is 4.79 Å². The van der Waals surface area contributed by atoms with Crippen molar-refractivity contribution in [1.29, 1.82) is 0 Å². The number of anilines is 2. The molecule has 0 atom stereocenters. The van der Waals surface area contributed by atoms with Crippen molar-refractivity contribution in [2.45, 2.75) is 33.7 Å². The molecular weight excluding hydrogens is 486 g/mol. The molecule has 0 N–H and O–H groups in total. The number of aliphatic carboxylic acids is 1. The summed E-state index contributed by atoms with van der Waals surface area (Å²) in [4.78, 5) is 29.8. The first kappa shape index (κ1) is 24.9. The summed E-state index contributed by atoms with van der Waals surface area (Å²) in [5.74, 6) is 0.674. The van der Waals surface area contributed by atoms with Gasteiger partial charge in [-0.15, -0.1) is 11.8 Å². The molecule has 1 aromatic heterocycles. The molecule has 0 unspecified atom stereocenters. The third-order valence-corrected chi connectivity index (χ3v) is 7.81. The number of Topliss-reactive ketones (excluding diaryl/α,β-unsaturated/α-hetero) is 1. The maximum atomic E-state index is 13.5. The van der Waals surface area contributed by atoms with Crippen LogP contribution >= 0.6 is 11.8 Å². The van der Waals surface area contributed by atoms with Gasteiger partial charge in [0.25, 0.3) is 5.52 Å². The van der Waals surface area contributed by atoms with Crippen molar-refractivity contribution in [3.8, 4) is 0 Å². The molecule has 0 amide bonds. The van der Waals surface area contributed by atoms with Crippen LogP contribution in [-0.2, 0) is 16.1 Å². The number of aromatic nitrogens is 1. The molecule has 0 saturated carbocycles. The first-order valence-corrected chi connectivity index (χ1v) is 13.6. The number of carboxylic acid groups (broad SMARTS) is 1. The number of nitrogens with zero attached hydrogens (tertiary/aromatic N) is 3. The van der Waals surface area contributed by atoms with Crippen LogP contribution in [0.3, 0.4) is 0 Å². The van der Waals surface area contributed by atoms with Crippen molar-refractivity contribution in [3.05, 3.63) is 82.4 Å². The van der Waals surface area contributed by atoms with Crippen LogP contribution in [0.2, 0.25) is 0 Å². The number of thioether (sulfide) groups is 1. The summed E-state index contributed by atoms with van der Waals surface area (Å²) in [7, 11) is 0. The Balaban J connectivity index is 1.59. The molecule has 8 heteroatoms. The van der Waals surface area contributed by atoms with Gasteiger partial charge in [-0.05, 0) is 51.5 Å². The lowest BCUT2D eigenvalue weighted by atomic mass is 9.89. The van der Waals surface area contributed by atoms with E-state index in [0.717, 1.165) is 46.3 Å². The van der Waals surface area contributed by atoms with Crippen LogP contribution in [-0.4, -0.2) is 30.6 Å². The van der Waals surface area contributed by atoms with E-state index in [1.165, 1.54) is 11.8 Å². The Hall–Kier alpha value is -3.78. The first-order valence-electron chi connectivity index (χ1n) is 12.6. The molecule has 190 valence electrons. The maximum Gasteiger partial charge on any atom is 0.374 e. The lowest BCUT2D eigenvalue weighted by Crippen LogP contribution is -2.34. The van der Waals surface area contributed by atoms with E-state index in [2.05, 4.69) is 35.8 Å². The SMILES string of the molecule is CCN1C(=CC2=C(SCCC(=O)[O-])/C(=C\c3oc4ccccc4[n+]3CC)C2=O)N(CC)c2ccccc21. The Morgan fingerprint density at radius 3 is 2.27 bits per heavy atom. The number of rotatable bonds is 9. The Labute approximate surface area is 220 Å². The summed E-state index contributed by atoms with van der Waals surface area (Å²) in [5, 5.41) is 11.1. The smallest absolute Gasteiger partial charge is 0.374 e. The van der Waals surface area contributed by atoms with Crippen LogP contribution in [0.4, 0.5) is 11.4 Å². The molecule has 1 aliphatic carbocycles. The molecule has 0 bridgehead atoms. The second-order valence-electron chi connectivity index (χ2n) is 8.73. The van der Waals surface area contributed by atoms with Crippen LogP contribution in [0.25, 0.3) is 17.2 Å². The average Bonchev–Trinajstić information content (AvgIpc) is 3.42. The lowest BCUT2D eigenvalue weighted by Gasteiger charge is -2.28. The topological polar surface area (TPSA) is 80.7 Å². The monoisotopic (exact) mass is 515 g/mol. The number of fused-ring (bicyclic) bond motifs is 2. The number of ketones is 1. The zero-order chi connectivity index (χ0) is 26.1. The predicted octanol–water partition coefficient (Wildman–Crippen LogP) is 4.04. The molecule has 7 nitrogen and oxygen atoms in total. The molecule has 2 aliphatic rings. The maximum absolute atomic E-state index is 13.5. The van der Waals surface area contributed by atoms with Gasteiger partial charge in [0, 0.05) is 46.9 Å². The van der Waals surface area contributed by atoms with E-state index >= 15 is 0 Å². The quantitative estimate of drug-likeness (QED) is 0.314. The fourth-order valence-corrected chi connectivity index (χ4v) is 6.05. The zero-order valence-electron chi connectivity index (χ0n) is 21.2. The average molecular weight is 516 g/mol. The Kier molecular flexibility index (Phi) is 6.93. The first-order chi connectivity index (χ1) is 18.0. The van der Waals surface area contributed by atoms with Crippen LogP contribution in [0.5, 0.6) is 0 Å². The normalized spacial score (nSPS) is 16.1. The molecule has 37 heavy (non-hydrogen) atoms. The number of carbonyl (C=O) groups excluding carboxylic acids is 2. The lowest BCUT2D eigenvalue weighted by molar-refractivity contribution is -0.674. The number of para-hydroxylation sites is 4. The Bertz CT molecular complexity index is 1450. The van der Waals surface area contributed by atoms with Crippen molar-refractivity contribution < 1.29 is 23.7 Å². The van der Waals surface area contributed by atoms with Crippen molar-refractivity contribution in [2.75, 3.05) is 28.6 Å². The van der Waals surface area contributed by atoms with Crippen molar-refractivity contribution in [1.82, 2.24) is 0 Å². The Morgan fingerprint density at radius 1 is 1.00 bits per heavy atom. The molecular formula is C29H29N3O4S. The van der Waals surface area contributed by atoms with E-state index < -0.39 is 5.97 Å². The number of carboxylic acids is 1. The van der Waals surface area contributed by atoms with E-state index in [-0.39, 0.29) is 12.2 Å². The molecule has 0 radical (unpaired) electrons. The number of allylic oxidation sites excluding steroid dienone is 3. The summed E-state index contributed by atoms with van der Waals surface area (Å²) in [6.07, 6.45) is 3.64. The summed E-state index contributed by atoms with van der Waals surface area (Å²) < 4.78 is 8.11. The minimum absolute atomic E-state index is 0.0744. The van der Waals surface area contributed by atoms with Gasteiger partial charge >= 0.3 is 5.89 Å². The molecule has 3 aromatic rings. The zero-order valence-corrected chi connectivity index (χ0v) is 22.0. The van der Waals surface area contributed by atoms with E-state index in [0.29, 0.717) is 29.3 Å². The summed E-state index contributed by atoms with van der Waals surface area (Å²) in [6.45, 7) is 8.41. The third kappa shape index (κ3) is 4.35.